The lowest BCUT2D eigenvalue weighted by atomic mass is 10.2. The Morgan fingerprint density at radius 2 is 2.04 bits per heavy atom. The molecule has 6 heteroatoms. The topological polar surface area (TPSA) is 42.4 Å². The Morgan fingerprint density at radius 3 is 2.70 bits per heavy atom. The second-order valence-electron chi connectivity index (χ2n) is 5.82. The smallest absolute Gasteiger partial charge is 0.228 e. The molecule has 0 N–H and O–H groups in total. The van der Waals surface area contributed by atoms with Crippen LogP contribution < -0.4 is 4.74 Å². The average Bonchev–Trinajstić information content (AvgIpc) is 2.93. The lowest BCUT2D eigenvalue weighted by Gasteiger charge is -2.18. The van der Waals surface area contributed by atoms with Gasteiger partial charge in [0.05, 0.1) is 12.1 Å². The molecule has 1 aromatic carbocycles. The number of amides is 1. The van der Waals surface area contributed by atoms with Crippen molar-refractivity contribution in [1.29, 1.82) is 0 Å². The quantitative estimate of drug-likeness (QED) is 0.755. The van der Waals surface area contributed by atoms with E-state index in [1.807, 2.05) is 24.6 Å². The van der Waals surface area contributed by atoms with Crippen LogP contribution in [0.15, 0.2) is 29.6 Å². The molecular formula is C17H21ClN2O2S. The highest BCUT2D eigenvalue weighted by Crippen LogP contribution is 2.18. The Hall–Kier alpha value is -1.59. The molecule has 124 valence electrons. The van der Waals surface area contributed by atoms with Crippen LogP contribution in [0.3, 0.4) is 0 Å². The second kappa shape index (κ2) is 8.31. The van der Waals surface area contributed by atoms with Gasteiger partial charge in [-0.1, -0.05) is 25.4 Å². The summed E-state index contributed by atoms with van der Waals surface area (Å²) >= 11 is 7.34. The Morgan fingerprint density at radius 1 is 1.35 bits per heavy atom. The molecule has 4 nitrogen and oxygen atoms in total. The third-order valence-electron chi connectivity index (χ3n) is 3.17. The summed E-state index contributed by atoms with van der Waals surface area (Å²) in [4.78, 5) is 18.3. The third-order valence-corrected chi connectivity index (χ3v) is 4.30. The number of carbonyl (C=O) groups excluding carboxylic acids is 1. The van der Waals surface area contributed by atoms with Gasteiger partial charge in [-0.15, -0.1) is 11.3 Å². The highest BCUT2D eigenvalue weighted by atomic mass is 35.5. The summed E-state index contributed by atoms with van der Waals surface area (Å²) in [7, 11) is 1.83. The maximum absolute atomic E-state index is 12.1. The van der Waals surface area contributed by atoms with Gasteiger partial charge in [-0.25, -0.2) is 4.98 Å². The molecule has 0 unspecified atom stereocenters. The molecule has 0 radical (unpaired) electrons. The molecule has 1 aromatic heterocycles. The van der Waals surface area contributed by atoms with Gasteiger partial charge in [0, 0.05) is 24.0 Å². The number of halogens is 1. The molecule has 0 aliphatic carbocycles. The first-order valence-electron chi connectivity index (χ1n) is 7.49. The molecule has 2 aromatic rings. The number of aromatic nitrogens is 1. The van der Waals surface area contributed by atoms with Crippen LogP contribution in [0.25, 0.3) is 0 Å². The fourth-order valence-corrected chi connectivity index (χ4v) is 2.94. The highest BCUT2D eigenvalue weighted by Gasteiger charge is 2.13. The molecule has 0 saturated carbocycles. The number of ether oxygens (including phenoxy) is 1. The standard InChI is InChI=1S/C17H21ClN2O2S/c1-12(2)9-20(3)17(21)8-14-11-23-16(19-14)10-22-15-6-4-13(18)5-7-15/h4-7,11-12H,8-10H2,1-3H3. The molecule has 0 aliphatic rings. The molecule has 0 bridgehead atoms. The Bertz CT molecular complexity index is 640. The van der Waals surface area contributed by atoms with Crippen LogP contribution in [0.2, 0.25) is 5.02 Å². The molecule has 0 fully saturated rings. The van der Waals surface area contributed by atoms with E-state index >= 15 is 0 Å². The molecule has 0 aliphatic heterocycles. The van der Waals surface area contributed by atoms with Crippen molar-refractivity contribution < 1.29 is 9.53 Å². The maximum atomic E-state index is 12.1. The van der Waals surface area contributed by atoms with Gasteiger partial charge >= 0.3 is 0 Å². The van der Waals surface area contributed by atoms with Gasteiger partial charge in [-0.2, -0.15) is 0 Å². The predicted octanol–water partition coefficient (Wildman–Crippen LogP) is 4.03. The number of thiazole rings is 1. The minimum atomic E-state index is 0.0918. The van der Waals surface area contributed by atoms with Gasteiger partial charge in [-0.05, 0) is 30.2 Å². The number of rotatable bonds is 7. The van der Waals surface area contributed by atoms with Crippen molar-refractivity contribution in [3.63, 3.8) is 0 Å². The lowest BCUT2D eigenvalue weighted by molar-refractivity contribution is -0.129. The zero-order valence-electron chi connectivity index (χ0n) is 13.6. The van der Waals surface area contributed by atoms with Crippen molar-refractivity contribution in [2.24, 2.45) is 5.92 Å². The van der Waals surface area contributed by atoms with Gasteiger partial charge in [0.25, 0.3) is 0 Å². The van der Waals surface area contributed by atoms with Crippen LogP contribution in [0, 0.1) is 5.92 Å². The number of benzene rings is 1. The first-order chi connectivity index (χ1) is 10.9. The van der Waals surface area contributed by atoms with Crippen molar-refractivity contribution in [3.05, 3.63) is 45.4 Å². The molecular weight excluding hydrogens is 332 g/mol. The fourth-order valence-electron chi connectivity index (χ4n) is 2.11. The van der Waals surface area contributed by atoms with Crippen molar-refractivity contribution in [3.8, 4) is 5.75 Å². The molecule has 1 heterocycles. The molecule has 23 heavy (non-hydrogen) atoms. The second-order valence-corrected chi connectivity index (χ2v) is 7.20. The third kappa shape index (κ3) is 5.84. The van der Waals surface area contributed by atoms with E-state index in [4.69, 9.17) is 16.3 Å². The van der Waals surface area contributed by atoms with Crippen LogP contribution in [0.5, 0.6) is 5.75 Å². The number of hydrogen-bond donors (Lipinski definition) is 0. The fraction of sp³-hybridized carbons (Fsp3) is 0.412. The van der Waals surface area contributed by atoms with E-state index < -0.39 is 0 Å². The Labute approximate surface area is 146 Å². The summed E-state index contributed by atoms with van der Waals surface area (Å²) in [5.74, 6) is 1.30. The molecule has 0 atom stereocenters. The average molecular weight is 353 g/mol. The van der Waals surface area contributed by atoms with Crippen molar-refractivity contribution in [1.82, 2.24) is 9.88 Å². The first-order valence-corrected chi connectivity index (χ1v) is 8.75. The van der Waals surface area contributed by atoms with Gasteiger partial charge in [0.15, 0.2) is 0 Å². The molecule has 2 rings (SSSR count). The minimum Gasteiger partial charge on any atom is -0.486 e. The summed E-state index contributed by atoms with van der Waals surface area (Å²) in [6, 6.07) is 7.21. The zero-order valence-corrected chi connectivity index (χ0v) is 15.2. The molecule has 1 amide bonds. The van der Waals surface area contributed by atoms with E-state index in [1.54, 1.807) is 17.0 Å². The molecule has 0 saturated heterocycles. The van der Waals surface area contributed by atoms with Crippen LogP contribution in [0.1, 0.15) is 24.5 Å². The van der Waals surface area contributed by atoms with Crippen LogP contribution in [-0.2, 0) is 17.8 Å². The summed E-state index contributed by atoms with van der Waals surface area (Å²) in [6.07, 6.45) is 0.334. The van der Waals surface area contributed by atoms with Gasteiger partial charge < -0.3 is 9.64 Å². The number of carbonyl (C=O) groups is 1. The molecule has 0 spiro atoms. The SMILES string of the molecule is CC(C)CN(C)C(=O)Cc1csc(COc2ccc(Cl)cc2)n1. The van der Waals surface area contributed by atoms with E-state index in [0.717, 1.165) is 23.0 Å². The predicted molar refractivity (Wildman–Crippen MR) is 94.1 cm³/mol. The minimum absolute atomic E-state index is 0.0918. The van der Waals surface area contributed by atoms with E-state index in [2.05, 4.69) is 18.8 Å². The Kier molecular flexibility index (Phi) is 6.42. The van der Waals surface area contributed by atoms with Gasteiger partial charge in [0.2, 0.25) is 5.91 Å². The van der Waals surface area contributed by atoms with Crippen molar-refractivity contribution in [2.75, 3.05) is 13.6 Å². The monoisotopic (exact) mass is 352 g/mol. The summed E-state index contributed by atoms with van der Waals surface area (Å²) in [6.45, 7) is 5.34. The number of likely N-dealkylation sites (N-methyl/N-ethyl adjacent to an activating group) is 1. The summed E-state index contributed by atoms with van der Waals surface area (Å²) < 4.78 is 5.66. The number of hydrogen-bond acceptors (Lipinski definition) is 4. The van der Waals surface area contributed by atoms with E-state index in [1.165, 1.54) is 11.3 Å². The Balaban J connectivity index is 1.85. The normalized spacial score (nSPS) is 10.8. The van der Waals surface area contributed by atoms with Crippen LogP contribution in [0.4, 0.5) is 0 Å². The van der Waals surface area contributed by atoms with Gasteiger partial charge in [0.1, 0.15) is 17.4 Å². The highest BCUT2D eigenvalue weighted by molar-refractivity contribution is 7.09. The van der Waals surface area contributed by atoms with Crippen molar-refractivity contribution >= 4 is 28.8 Å². The van der Waals surface area contributed by atoms with E-state index in [-0.39, 0.29) is 5.91 Å². The zero-order chi connectivity index (χ0) is 16.8. The largest absolute Gasteiger partial charge is 0.486 e. The van der Waals surface area contributed by atoms with Crippen LogP contribution in [-0.4, -0.2) is 29.4 Å². The number of nitrogens with zero attached hydrogens (tertiary/aromatic N) is 2. The summed E-state index contributed by atoms with van der Waals surface area (Å²) in [5.41, 5.74) is 0.797. The van der Waals surface area contributed by atoms with Gasteiger partial charge in [-0.3, -0.25) is 4.79 Å². The summed E-state index contributed by atoms with van der Waals surface area (Å²) in [5, 5.41) is 3.45. The van der Waals surface area contributed by atoms with E-state index in [9.17, 15) is 4.79 Å². The first kappa shape index (κ1) is 17.8. The van der Waals surface area contributed by atoms with Crippen molar-refractivity contribution in [2.45, 2.75) is 26.9 Å². The lowest BCUT2D eigenvalue weighted by Crippen LogP contribution is -2.31. The van der Waals surface area contributed by atoms with Crippen LogP contribution >= 0.6 is 22.9 Å². The van der Waals surface area contributed by atoms with E-state index in [0.29, 0.717) is 24.0 Å². The maximum Gasteiger partial charge on any atom is 0.228 e.